The molecule has 2 aromatic carbocycles. The molecule has 0 amide bonds. The molecule has 0 aliphatic carbocycles. The highest BCUT2D eigenvalue weighted by Gasteiger charge is 2.27. The second-order valence-corrected chi connectivity index (χ2v) is 5.22. The maximum atomic E-state index is 11.8. The lowest BCUT2D eigenvalue weighted by Gasteiger charge is -2.26. The second-order valence-electron chi connectivity index (χ2n) is 5.22. The Morgan fingerprint density at radius 3 is 1.91 bits per heavy atom. The largest absolute Gasteiger partial charge is 0.469 e. The van der Waals surface area contributed by atoms with Gasteiger partial charge in [0.05, 0.1) is 13.5 Å². The SMILES string of the molecule is COC(=O)C[C@H](c1ccccc1)[C@H](CC=O)c1ccccc1. The summed E-state index contributed by atoms with van der Waals surface area (Å²) < 4.78 is 4.84. The molecule has 22 heavy (non-hydrogen) atoms. The first-order chi connectivity index (χ1) is 10.8. The van der Waals surface area contributed by atoms with Crippen molar-refractivity contribution in [3.63, 3.8) is 0 Å². The van der Waals surface area contributed by atoms with Crippen LogP contribution >= 0.6 is 0 Å². The van der Waals surface area contributed by atoms with Crippen LogP contribution in [0.25, 0.3) is 0 Å². The average Bonchev–Trinajstić information content (AvgIpc) is 2.59. The van der Waals surface area contributed by atoms with Gasteiger partial charge in [-0.25, -0.2) is 0 Å². The number of hydrogen-bond donors (Lipinski definition) is 0. The van der Waals surface area contributed by atoms with Crippen molar-refractivity contribution < 1.29 is 14.3 Å². The predicted molar refractivity (Wildman–Crippen MR) is 85.7 cm³/mol. The Balaban J connectivity index is 2.39. The molecule has 0 unspecified atom stereocenters. The average molecular weight is 296 g/mol. The van der Waals surface area contributed by atoms with E-state index in [2.05, 4.69) is 0 Å². The number of carbonyl (C=O) groups excluding carboxylic acids is 2. The molecule has 0 aliphatic rings. The summed E-state index contributed by atoms with van der Waals surface area (Å²) in [5.41, 5.74) is 2.11. The van der Waals surface area contributed by atoms with E-state index in [1.54, 1.807) is 0 Å². The number of carbonyl (C=O) groups is 2. The Bertz CT molecular complexity index is 593. The first-order valence-electron chi connectivity index (χ1n) is 7.36. The normalized spacial score (nSPS) is 13.1. The molecule has 2 aromatic rings. The van der Waals surface area contributed by atoms with Crippen molar-refractivity contribution in [1.29, 1.82) is 0 Å². The van der Waals surface area contributed by atoms with Crippen molar-refractivity contribution in [1.82, 2.24) is 0 Å². The number of rotatable bonds is 7. The van der Waals surface area contributed by atoms with Crippen LogP contribution in [0.1, 0.15) is 35.8 Å². The van der Waals surface area contributed by atoms with Crippen LogP contribution < -0.4 is 0 Å². The van der Waals surface area contributed by atoms with E-state index in [0.29, 0.717) is 6.42 Å². The quantitative estimate of drug-likeness (QED) is 0.578. The van der Waals surface area contributed by atoms with Gasteiger partial charge in [-0.1, -0.05) is 60.7 Å². The minimum absolute atomic E-state index is 0.0415. The zero-order valence-electron chi connectivity index (χ0n) is 12.6. The molecule has 3 heteroatoms. The molecule has 0 aliphatic heterocycles. The smallest absolute Gasteiger partial charge is 0.306 e. The van der Waals surface area contributed by atoms with Crippen LogP contribution in [0.5, 0.6) is 0 Å². The van der Waals surface area contributed by atoms with Gasteiger partial charge in [0, 0.05) is 12.3 Å². The fourth-order valence-corrected chi connectivity index (χ4v) is 2.79. The van der Waals surface area contributed by atoms with E-state index in [4.69, 9.17) is 4.74 Å². The van der Waals surface area contributed by atoms with Gasteiger partial charge in [0.1, 0.15) is 6.29 Å². The number of ether oxygens (including phenoxy) is 1. The minimum atomic E-state index is -0.263. The van der Waals surface area contributed by atoms with E-state index >= 15 is 0 Å². The third-order valence-corrected chi connectivity index (χ3v) is 3.91. The van der Waals surface area contributed by atoms with Gasteiger partial charge >= 0.3 is 5.97 Å². The summed E-state index contributed by atoms with van der Waals surface area (Å²) in [6, 6.07) is 19.7. The van der Waals surface area contributed by atoms with Crippen LogP contribution in [0.15, 0.2) is 60.7 Å². The number of benzene rings is 2. The molecule has 0 saturated heterocycles. The van der Waals surface area contributed by atoms with Crippen molar-refractivity contribution in [2.75, 3.05) is 7.11 Å². The van der Waals surface area contributed by atoms with Gasteiger partial charge in [0.2, 0.25) is 0 Å². The standard InChI is InChI=1S/C19H20O3/c1-22-19(21)14-18(16-10-6-3-7-11-16)17(12-13-20)15-8-4-2-5-9-15/h2-11,13,17-18H,12,14H2,1H3/t17-,18-/m1/s1. The molecule has 3 nitrogen and oxygen atoms in total. The Morgan fingerprint density at radius 2 is 1.45 bits per heavy atom. The summed E-state index contributed by atoms with van der Waals surface area (Å²) in [6.07, 6.45) is 1.55. The highest BCUT2D eigenvalue weighted by molar-refractivity contribution is 5.71. The minimum Gasteiger partial charge on any atom is -0.469 e. The molecule has 2 rings (SSSR count). The van der Waals surface area contributed by atoms with Crippen LogP contribution in [0, 0.1) is 0 Å². The van der Waals surface area contributed by atoms with Gasteiger partial charge in [0.15, 0.2) is 0 Å². The van der Waals surface area contributed by atoms with Crippen molar-refractivity contribution in [3.8, 4) is 0 Å². The van der Waals surface area contributed by atoms with Gasteiger partial charge in [-0.3, -0.25) is 4.79 Å². The maximum Gasteiger partial charge on any atom is 0.306 e. The Morgan fingerprint density at radius 1 is 0.955 bits per heavy atom. The molecule has 114 valence electrons. The lowest BCUT2D eigenvalue weighted by Crippen LogP contribution is -2.17. The van der Waals surface area contributed by atoms with Crippen molar-refractivity contribution in [2.24, 2.45) is 0 Å². The molecule has 0 aromatic heterocycles. The van der Waals surface area contributed by atoms with Crippen LogP contribution in [0.2, 0.25) is 0 Å². The van der Waals surface area contributed by atoms with E-state index in [-0.39, 0.29) is 24.2 Å². The lowest BCUT2D eigenvalue weighted by atomic mass is 9.78. The van der Waals surface area contributed by atoms with E-state index in [0.717, 1.165) is 17.4 Å². The highest BCUT2D eigenvalue weighted by Crippen LogP contribution is 2.37. The maximum absolute atomic E-state index is 11.8. The van der Waals surface area contributed by atoms with Crippen molar-refractivity contribution in [3.05, 3.63) is 71.8 Å². The first-order valence-corrected chi connectivity index (χ1v) is 7.36. The molecule has 0 N–H and O–H groups in total. The van der Waals surface area contributed by atoms with Crippen LogP contribution in [0.4, 0.5) is 0 Å². The third-order valence-electron chi connectivity index (χ3n) is 3.91. The van der Waals surface area contributed by atoms with Crippen molar-refractivity contribution in [2.45, 2.75) is 24.7 Å². The van der Waals surface area contributed by atoms with E-state index in [9.17, 15) is 9.59 Å². The summed E-state index contributed by atoms with van der Waals surface area (Å²) >= 11 is 0. The van der Waals surface area contributed by atoms with E-state index in [1.165, 1.54) is 7.11 Å². The Kier molecular flexibility index (Phi) is 5.90. The summed E-state index contributed by atoms with van der Waals surface area (Å²) in [4.78, 5) is 23.0. The fourth-order valence-electron chi connectivity index (χ4n) is 2.79. The molecule has 0 fully saturated rings. The number of esters is 1. The summed E-state index contributed by atoms with van der Waals surface area (Å²) in [6.45, 7) is 0. The molecular formula is C19H20O3. The van der Waals surface area contributed by atoms with Gasteiger partial charge < -0.3 is 9.53 Å². The lowest BCUT2D eigenvalue weighted by molar-refractivity contribution is -0.141. The molecule has 0 bridgehead atoms. The monoisotopic (exact) mass is 296 g/mol. The Labute approximate surface area is 130 Å². The number of hydrogen-bond acceptors (Lipinski definition) is 3. The zero-order valence-corrected chi connectivity index (χ0v) is 12.6. The molecule has 0 heterocycles. The topological polar surface area (TPSA) is 43.4 Å². The summed E-state index contributed by atoms with van der Waals surface area (Å²) in [5.74, 6) is -0.387. The molecule has 0 saturated carbocycles. The Hall–Kier alpha value is -2.42. The molecular weight excluding hydrogens is 276 g/mol. The zero-order chi connectivity index (χ0) is 15.8. The van der Waals surface area contributed by atoms with Gasteiger partial charge in [-0.05, 0) is 17.0 Å². The molecule has 2 atom stereocenters. The summed E-state index contributed by atoms with van der Waals surface area (Å²) in [5, 5.41) is 0. The van der Waals surface area contributed by atoms with Crippen LogP contribution in [-0.2, 0) is 14.3 Å². The predicted octanol–water partition coefficient (Wildman–Crippen LogP) is 3.71. The van der Waals surface area contributed by atoms with Gasteiger partial charge in [0.25, 0.3) is 0 Å². The first kappa shape index (κ1) is 16.0. The highest BCUT2D eigenvalue weighted by atomic mass is 16.5. The van der Waals surface area contributed by atoms with Gasteiger partial charge in [-0.15, -0.1) is 0 Å². The van der Waals surface area contributed by atoms with E-state index < -0.39 is 0 Å². The number of methoxy groups -OCH3 is 1. The van der Waals surface area contributed by atoms with E-state index in [1.807, 2.05) is 60.7 Å². The van der Waals surface area contributed by atoms with Crippen molar-refractivity contribution >= 4 is 12.3 Å². The van der Waals surface area contributed by atoms with Gasteiger partial charge in [-0.2, -0.15) is 0 Å². The number of aldehydes is 1. The third kappa shape index (κ3) is 4.04. The molecule has 0 spiro atoms. The summed E-state index contributed by atoms with van der Waals surface area (Å²) in [7, 11) is 1.39. The van der Waals surface area contributed by atoms with Crippen LogP contribution in [0.3, 0.4) is 0 Å². The van der Waals surface area contributed by atoms with Crippen LogP contribution in [-0.4, -0.2) is 19.4 Å². The fraction of sp³-hybridized carbons (Fsp3) is 0.263. The second kappa shape index (κ2) is 8.13. The molecule has 0 radical (unpaired) electrons.